The largest absolute Gasteiger partial charge is 0.459 e. The van der Waals surface area contributed by atoms with Gasteiger partial charge in [0.2, 0.25) is 5.91 Å². The highest BCUT2D eigenvalue weighted by Crippen LogP contribution is 2.09. The van der Waals surface area contributed by atoms with Gasteiger partial charge in [-0.3, -0.25) is 4.79 Å². The molecule has 148 valence electrons. The Morgan fingerprint density at radius 2 is 1.96 bits per heavy atom. The number of esters is 1. The molecule has 1 N–H and O–H groups in total. The van der Waals surface area contributed by atoms with Crippen LogP contribution in [0.2, 0.25) is 0 Å². The molecule has 0 saturated carbocycles. The second kappa shape index (κ2) is 12.5. The molecule has 0 aliphatic carbocycles. The molecule has 8 heteroatoms. The minimum atomic E-state index is -0.864. The van der Waals surface area contributed by atoms with Crippen LogP contribution >= 0.6 is 0 Å². The second-order valence-corrected chi connectivity index (χ2v) is 5.99. The number of carbonyl (C=O) groups excluding carboxylic acids is 2. The molecule has 8 nitrogen and oxygen atoms in total. The van der Waals surface area contributed by atoms with Gasteiger partial charge in [0, 0.05) is 6.42 Å². The second-order valence-electron chi connectivity index (χ2n) is 5.99. The normalized spacial score (nSPS) is 11.8. The van der Waals surface area contributed by atoms with E-state index in [2.05, 4.69) is 16.2 Å². The molecule has 0 aliphatic heterocycles. The van der Waals surface area contributed by atoms with E-state index >= 15 is 0 Å². The summed E-state index contributed by atoms with van der Waals surface area (Å²) < 4.78 is 5.19. The summed E-state index contributed by atoms with van der Waals surface area (Å²) in [5, 5.41) is 12.0. The van der Waals surface area contributed by atoms with Crippen LogP contribution in [-0.2, 0) is 32.4 Å². The van der Waals surface area contributed by atoms with Gasteiger partial charge in [0.25, 0.3) is 5.09 Å². The maximum atomic E-state index is 12.0. The maximum Gasteiger partial charge on any atom is 0.328 e. The van der Waals surface area contributed by atoms with Crippen LogP contribution in [0.1, 0.15) is 50.7 Å². The summed E-state index contributed by atoms with van der Waals surface area (Å²) in [5.74, 6) is -0.732. The van der Waals surface area contributed by atoms with E-state index in [1.54, 1.807) is 31.2 Å². The monoisotopic (exact) mass is 378 g/mol. The Bertz CT molecular complexity index is 659. The Morgan fingerprint density at radius 3 is 2.63 bits per heavy atom. The molecule has 0 radical (unpaired) electrons. The van der Waals surface area contributed by atoms with Gasteiger partial charge in [0.1, 0.15) is 19.3 Å². The molecular formula is C19H26N2O6. The van der Waals surface area contributed by atoms with E-state index < -0.39 is 17.1 Å². The Hall–Kier alpha value is -2.90. The molecule has 27 heavy (non-hydrogen) atoms. The van der Waals surface area contributed by atoms with Gasteiger partial charge in [-0.25, -0.2) is 4.79 Å². The number of amides is 1. The standard InChI is InChI=1S/C19H26N2O6/c1-3-4-5-6-7-11-18(22)20-15(2)19(23)26-13-16-9-8-10-17(12-16)14-27-21(24)25/h4-5,8-10,12,15H,3,6-7,11,13-14H2,1-2H3,(H,20,22). The third kappa shape index (κ3) is 9.98. The molecule has 0 saturated heterocycles. The average molecular weight is 378 g/mol. The van der Waals surface area contributed by atoms with E-state index in [9.17, 15) is 19.7 Å². The van der Waals surface area contributed by atoms with E-state index in [4.69, 9.17) is 4.74 Å². The van der Waals surface area contributed by atoms with Gasteiger partial charge in [-0.2, -0.15) is 0 Å². The van der Waals surface area contributed by atoms with Gasteiger partial charge in [0.05, 0.1) is 0 Å². The molecule has 0 aliphatic rings. The number of ether oxygens (including phenoxy) is 1. The summed E-state index contributed by atoms with van der Waals surface area (Å²) in [6.07, 6.45) is 6.97. The topological polar surface area (TPSA) is 108 Å². The van der Waals surface area contributed by atoms with E-state index in [0.717, 1.165) is 19.3 Å². The van der Waals surface area contributed by atoms with E-state index in [1.165, 1.54) is 0 Å². The number of hydrogen-bond donors (Lipinski definition) is 1. The Kier molecular flexibility index (Phi) is 10.2. The number of carbonyl (C=O) groups is 2. The van der Waals surface area contributed by atoms with Gasteiger partial charge in [-0.1, -0.05) is 43.3 Å². The third-order valence-electron chi connectivity index (χ3n) is 3.62. The lowest BCUT2D eigenvalue weighted by Gasteiger charge is -2.13. The molecule has 1 unspecified atom stereocenters. The summed E-state index contributed by atoms with van der Waals surface area (Å²) in [7, 11) is 0. The molecule has 0 aromatic heterocycles. The van der Waals surface area contributed by atoms with Crippen LogP contribution in [-0.4, -0.2) is 23.0 Å². The Labute approximate surface area is 158 Å². The van der Waals surface area contributed by atoms with Crippen LogP contribution in [0.5, 0.6) is 0 Å². The number of nitrogens with zero attached hydrogens (tertiary/aromatic N) is 1. The fourth-order valence-corrected chi connectivity index (χ4v) is 2.25. The van der Waals surface area contributed by atoms with Crippen molar-refractivity contribution in [3.05, 3.63) is 57.7 Å². The maximum absolute atomic E-state index is 12.0. The Balaban J connectivity index is 2.36. The predicted molar refractivity (Wildman–Crippen MR) is 98.9 cm³/mol. The fraction of sp³-hybridized carbons (Fsp3) is 0.474. The number of benzene rings is 1. The Morgan fingerprint density at radius 1 is 1.26 bits per heavy atom. The van der Waals surface area contributed by atoms with Crippen LogP contribution in [0.4, 0.5) is 0 Å². The fourth-order valence-electron chi connectivity index (χ4n) is 2.25. The highest BCUT2D eigenvalue weighted by molar-refractivity contribution is 5.84. The first-order chi connectivity index (χ1) is 12.9. The molecule has 1 aromatic rings. The lowest BCUT2D eigenvalue weighted by Crippen LogP contribution is -2.39. The molecule has 1 amide bonds. The van der Waals surface area contributed by atoms with Crippen molar-refractivity contribution in [2.24, 2.45) is 0 Å². The summed E-state index contributed by atoms with van der Waals surface area (Å²) >= 11 is 0. The summed E-state index contributed by atoms with van der Waals surface area (Å²) in [6.45, 7) is 3.45. The SMILES string of the molecule is CCC=CCCCC(=O)NC(C)C(=O)OCc1cccc(CO[N+](=O)[O-])c1. The molecule has 0 bridgehead atoms. The molecular weight excluding hydrogens is 352 g/mol. The van der Waals surface area contributed by atoms with Gasteiger partial charge in [-0.05, 0) is 37.3 Å². The summed E-state index contributed by atoms with van der Waals surface area (Å²) in [6, 6.07) is 6.01. The van der Waals surface area contributed by atoms with Crippen molar-refractivity contribution in [3.63, 3.8) is 0 Å². The van der Waals surface area contributed by atoms with Crippen molar-refractivity contribution in [2.75, 3.05) is 0 Å². The van der Waals surface area contributed by atoms with Crippen LogP contribution in [0.3, 0.4) is 0 Å². The zero-order valence-electron chi connectivity index (χ0n) is 15.7. The quantitative estimate of drug-likeness (QED) is 0.197. The minimum Gasteiger partial charge on any atom is -0.459 e. The first-order valence-electron chi connectivity index (χ1n) is 8.88. The van der Waals surface area contributed by atoms with Crippen molar-refractivity contribution >= 4 is 11.9 Å². The first kappa shape index (κ1) is 22.1. The van der Waals surface area contributed by atoms with Crippen molar-refractivity contribution < 1.29 is 24.3 Å². The third-order valence-corrected chi connectivity index (χ3v) is 3.62. The zero-order chi connectivity index (χ0) is 20.1. The molecule has 0 fully saturated rings. The van der Waals surface area contributed by atoms with Gasteiger partial charge in [0.15, 0.2) is 0 Å². The van der Waals surface area contributed by atoms with E-state index in [-0.39, 0.29) is 19.1 Å². The van der Waals surface area contributed by atoms with Gasteiger partial charge < -0.3 is 14.9 Å². The minimum absolute atomic E-state index is 0.00710. The van der Waals surface area contributed by atoms with Gasteiger partial charge in [-0.15, -0.1) is 10.1 Å². The average Bonchev–Trinajstić information content (AvgIpc) is 2.64. The predicted octanol–water partition coefficient (Wildman–Crippen LogP) is 3.08. The number of rotatable bonds is 12. The highest BCUT2D eigenvalue weighted by Gasteiger charge is 2.16. The lowest BCUT2D eigenvalue weighted by molar-refractivity contribution is -0.763. The highest BCUT2D eigenvalue weighted by atomic mass is 16.9. The van der Waals surface area contributed by atoms with Crippen LogP contribution in [0.15, 0.2) is 36.4 Å². The van der Waals surface area contributed by atoms with Crippen molar-refractivity contribution in [1.82, 2.24) is 5.32 Å². The molecule has 0 heterocycles. The van der Waals surface area contributed by atoms with E-state index in [1.807, 2.05) is 13.0 Å². The van der Waals surface area contributed by atoms with Crippen LogP contribution in [0, 0.1) is 10.1 Å². The number of allylic oxidation sites excluding steroid dienone is 2. The van der Waals surface area contributed by atoms with Crippen molar-refractivity contribution in [3.8, 4) is 0 Å². The number of unbranched alkanes of at least 4 members (excludes halogenated alkanes) is 1. The van der Waals surface area contributed by atoms with Crippen molar-refractivity contribution in [2.45, 2.75) is 58.8 Å². The van der Waals surface area contributed by atoms with Gasteiger partial charge >= 0.3 is 5.97 Å². The lowest BCUT2D eigenvalue weighted by atomic mass is 10.1. The van der Waals surface area contributed by atoms with Crippen LogP contribution in [0.25, 0.3) is 0 Å². The zero-order valence-corrected chi connectivity index (χ0v) is 15.7. The smallest absolute Gasteiger partial charge is 0.328 e. The molecule has 1 aromatic carbocycles. The first-order valence-corrected chi connectivity index (χ1v) is 8.88. The van der Waals surface area contributed by atoms with Crippen molar-refractivity contribution in [1.29, 1.82) is 0 Å². The summed E-state index contributed by atoms with van der Waals surface area (Å²) in [4.78, 5) is 38.4. The van der Waals surface area contributed by atoms with Crippen LogP contribution < -0.4 is 5.32 Å². The molecule has 1 rings (SSSR count). The number of hydrogen-bond acceptors (Lipinski definition) is 6. The van der Waals surface area contributed by atoms with E-state index in [0.29, 0.717) is 17.5 Å². The number of nitrogens with one attached hydrogen (secondary N) is 1. The summed E-state index contributed by atoms with van der Waals surface area (Å²) in [5.41, 5.74) is 1.27. The molecule has 1 atom stereocenters. The molecule has 0 spiro atoms.